The van der Waals surface area contributed by atoms with Gasteiger partial charge in [-0.05, 0) is 47.8 Å². The molecule has 0 N–H and O–H groups in total. The Hall–Kier alpha value is -3.84. The molecule has 0 amide bonds. The number of hydrogen-bond donors (Lipinski definition) is 0. The van der Waals surface area contributed by atoms with E-state index in [1.54, 1.807) is 12.1 Å². The minimum Gasteiger partial charge on any atom is -0.454 e. The number of carbonyl (C=O) groups excluding carboxylic acids is 3. The van der Waals surface area contributed by atoms with Crippen LogP contribution in [-0.4, -0.2) is 29.3 Å². The van der Waals surface area contributed by atoms with E-state index in [4.69, 9.17) is 9.47 Å². The number of pyridine rings is 1. The second-order valence-corrected chi connectivity index (χ2v) is 7.61. The highest BCUT2D eigenvalue weighted by molar-refractivity contribution is 7.13. The molecule has 4 rings (SSSR count). The number of ether oxygens (including phenoxy) is 2. The molecule has 7 heteroatoms. The van der Waals surface area contributed by atoms with E-state index in [0.29, 0.717) is 33.5 Å². The largest absolute Gasteiger partial charge is 0.454 e. The molecule has 0 aliphatic carbocycles. The van der Waals surface area contributed by atoms with Gasteiger partial charge >= 0.3 is 11.9 Å². The van der Waals surface area contributed by atoms with Crippen LogP contribution in [0.1, 0.15) is 27.6 Å². The number of benzene rings is 2. The molecule has 0 saturated heterocycles. The van der Waals surface area contributed by atoms with Crippen LogP contribution in [-0.2, 0) is 9.53 Å². The fraction of sp³-hybridized carbons (Fsp3) is 0.0833. The lowest BCUT2D eigenvalue weighted by atomic mass is 10.1. The maximum Gasteiger partial charge on any atom is 0.339 e. The topological polar surface area (TPSA) is 82.6 Å². The van der Waals surface area contributed by atoms with Gasteiger partial charge in [-0.3, -0.25) is 9.59 Å². The predicted octanol–water partition coefficient (Wildman–Crippen LogP) is 4.93. The smallest absolute Gasteiger partial charge is 0.339 e. The summed E-state index contributed by atoms with van der Waals surface area (Å²) in [6, 6.07) is 18.9. The maximum atomic E-state index is 12.8. The molecule has 0 bridgehead atoms. The number of ketones is 1. The number of carbonyl (C=O) groups is 3. The van der Waals surface area contributed by atoms with E-state index in [-0.39, 0.29) is 5.78 Å². The monoisotopic (exact) mass is 431 g/mol. The zero-order valence-electron chi connectivity index (χ0n) is 16.5. The Kier molecular flexibility index (Phi) is 5.86. The summed E-state index contributed by atoms with van der Waals surface area (Å²) in [5.74, 6) is -1.06. The Morgan fingerprint density at radius 2 is 1.74 bits per heavy atom. The molecule has 2 aromatic carbocycles. The van der Waals surface area contributed by atoms with E-state index in [0.717, 1.165) is 4.88 Å². The highest BCUT2D eigenvalue weighted by atomic mass is 32.1. The van der Waals surface area contributed by atoms with E-state index in [1.807, 2.05) is 35.7 Å². The van der Waals surface area contributed by atoms with Gasteiger partial charge in [0.25, 0.3) is 0 Å². The molecule has 2 heterocycles. The van der Waals surface area contributed by atoms with Gasteiger partial charge in [0.2, 0.25) is 0 Å². The molecule has 154 valence electrons. The standard InChI is InChI=1S/C24H17NO5S/c1-15(26)30-17-10-8-16(9-11-17)22(27)14-29-24(28)19-13-21(23-7-4-12-31-23)25-20-6-3-2-5-18(19)20/h2-13H,14H2,1H3. The zero-order valence-corrected chi connectivity index (χ0v) is 17.3. The van der Waals surface area contributed by atoms with E-state index in [2.05, 4.69) is 4.98 Å². The molecular formula is C24H17NO5S. The van der Waals surface area contributed by atoms with Crippen molar-refractivity contribution in [1.82, 2.24) is 4.98 Å². The lowest BCUT2D eigenvalue weighted by molar-refractivity contribution is -0.131. The first-order valence-corrected chi connectivity index (χ1v) is 10.3. The minimum absolute atomic E-state index is 0.338. The van der Waals surface area contributed by atoms with Crippen molar-refractivity contribution in [2.75, 3.05) is 6.61 Å². The quantitative estimate of drug-likeness (QED) is 0.245. The van der Waals surface area contributed by atoms with E-state index in [9.17, 15) is 14.4 Å². The van der Waals surface area contributed by atoms with E-state index < -0.39 is 18.5 Å². The van der Waals surface area contributed by atoms with Crippen LogP contribution in [0.4, 0.5) is 0 Å². The first kappa shape index (κ1) is 20.4. The number of nitrogens with zero attached hydrogens (tertiary/aromatic N) is 1. The molecule has 6 nitrogen and oxygen atoms in total. The molecule has 0 saturated carbocycles. The van der Waals surface area contributed by atoms with Gasteiger partial charge < -0.3 is 9.47 Å². The first-order valence-electron chi connectivity index (χ1n) is 9.44. The molecule has 4 aromatic rings. The molecule has 31 heavy (non-hydrogen) atoms. The summed E-state index contributed by atoms with van der Waals surface area (Å²) in [6.45, 7) is 0.891. The molecular weight excluding hydrogens is 414 g/mol. The van der Waals surface area contributed by atoms with Gasteiger partial charge in [-0.2, -0.15) is 0 Å². The minimum atomic E-state index is -0.596. The maximum absolute atomic E-state index is 12.8. The summed E-state index contributed by atoms with van der Waals surface area (Å²) >= 11 is 1.53. The van der Waals surface area contributed by atoms with E-state index >= 15 is 0 Å². The number of para-hydroxylation sites is 1. The van der Waals surface area contributed by atoms with Crippen molar-refractivity contribution in [3.8, 4) is 16.3 Å². The molecule has 0 aliphatic heterocycles. The van der Waals surface area contributed by atoms with Crippen LogP contribution in [0.2, 0.25) is 0 Å². The van der Waals surface area contributed by atoms with Crippen LogP contribution in [0, 0.1) is 0 Å². The third-order valence-corrected chi connectivity index (χ3v) is 5.37. The average molecular weight is 431 g/mol. The molecule has 0 unspecified atom stereocenters. The summed E-state index contributed by atoms with van der Waals surface area (Å²) in [7, 11) is 0. The third-order valence-electron chi connectivity index (χ3n) is 4.48. The zero-order chi connectivity index (χ0) is 21.8. The van der Waals surface area contributed by atoms with Gasteiger partial charge in [0.15, 0.2) is 12.4 Å². The summed E-state index contributed by atoms with van der Waals surface area (Å²) in [4.78, 5) is 41.8. The Balaban J connectivity index is 1.53. The Morgan fingerprint density at radius 1 is 0.968 bits per heavy atom. The van der Waals surface area contributed by atoms with Crippen LogP contribution < -0.4 is 4.74 Å². The molecule has 2 aromatic heterocycles. The number of hydrogen-bond acceptors (Lipinski definition) is 7. The second-order valence-electron chi connectivity index (χ2n) is 6.67. The number of rotatable bonds is 6. The second kappa shape index (κ2) is 8.89. The molecule has 0 radical (unpaired) electrons. The molecule has 0 aliphatic rings. The summed E-state index contributed by atoms with van der Waals surface area (Å²) in [5, 5.41) is 2.60. The van der Waals surface area contributed by atoms with Crippen molar-refractivity contribution in [3.63, 3.8) is 0 Å². The van der Waals surface area contributed by atoms with Crippen molar-refractivity contribution in [2.24, 2.45) is 0 Å². The highest BCUT2D eigenvalue weighted by Crippen LogP contribution is 2.28. The molecule has 0 spiro atoms. The van der Waals surface area contributed by atoms with Gasteiger partial charge in [-0.15, -0.1) is 11.3 Å². The van der Waals surface area contributed by atoms with Crippen molar-refractivity contribution >= 4 is 40.0 Å². The Bertz CT molecular complexity index is 1260. The van der Waals surface area contributed by atoms with E-state index in [1.165, 1.54) is 42.5 Å². The Morgan fingerprint density at radius 3 is 2.45 bits per heavy atom. The Labute approximate surface area is 182 Å². The molecule has 0 fully saturated rings. The van der Waals surface area contributed by atoms with Crippen molar-refractivity contribution in [2.45, 2.75) is 6.92 Å². The molecule has 0 atom stereocenters. The predicted molar refractivity (Wildman–Crippen MR) is 117 cm³/mol. The van der Waals surface area contributed by atoms with Crippen LogP contribution in [0.3, 0.4) is 0 Å². The van der Waals surface area contributed by atoms with Gasteiger partial charge in [0.05, 0.1) is 21.7 Å². The third kappa shape index (κ3) is 4.67. The average Bonchev–Trinajstić information content (AvgIpc) is 3.31. The van der Waals surface area contributed by atoms with Crippen LogP contribution >= 0.6 is 11.3 Å². The fourth-order valence-electron chi connectivity index (χ4n) is 3.06. The van der Waals surface area contributed by atoms with Gasteiger partial charge in [0, 0.05) is 17.9 Å². The number of thiophene rings is 1. The van der Waals surface area contributed by atoms with Crippen molar-refractivity contribution in [1.29, 1.82) is 0 Å². The van der Waals surface area contributed by atoms with Crippen LogP contribution in [0.15, 0.2) is 72.1 Å². The highest BCUT2D eigenvalue weighted by Gasteiger charge is 2.17. The normalized spacial score (nSPS) is 10.6. The van der Waals surface area contributed by atoms with Crippen LogP contribution in [0.5, 0.6) is 5.75 Å². The van der Waals surface area contributed by atoms with Gasteiger partial charge in [-0.1, -0.05) is 24.3 Å². The number of esters is 2. The SMILES string of the molecule is CC(=O)Oc1ccc(C(=O)COC(=O)c2cc(-c3cccs3)nc3ccccc23)cc1. The van der Waals surface area contributed by atoms with Gasteiger partial charge in [-0.25, -0.2) is 9.78 Å². The van der Waals surface area contributed by atoms with Crippen molar-refractivity contribution < 1.29 is 23.9 Å². The first-order chi connectivity index (χ1) is 15.0. The number of Topliss-reactive ketones (excluding diaryl/α,β-unsaturated/α-hetero) is 1. The number of fused-ring (bicyclic) bond motifs is 1. The number of aromatic nitrogens is 1. The lowest BCUT2D eigenvalue weighted by Crippen LogP contribution is -2.15. The lowest BCUT2D eigenvalue weighted by Gasteiger charge is -2.09. The summed E-state index contributed by atoms with van der Waals surface area (Å²) in [6.07, 6.45) is 0. The van der Waals surface area contributed by atoms with Crippen LogP contribution in [0.25, 0.3) is 21.5 Å². The summed E-state index contributed by atoms with van der Waals surface area (Å²) < 4.78 is 10.3. The fourth-order valence-corrected chi connectivity index (χ4v) is 3.75. The van der Waals surface area contributed by atoms with Gasteiger partial charge in [0.1, 0.15) is 5.75 Å². The van der Waals surface area contributed by atoms with Crippen molar-refractivity contribution in [3.05, 3.63) is 83.2 Å². The summed E-state index contributed by atoms with van der Waals surface area (Å²) in [5.41, 5.74) is 2.05.